The fourth-order valence-corrected chi connectivity index (χ4v) is 4.92. The highest BCUT2D eigenvalue weighted by molar-refractivity contribution is 5.92. The molecule has 170 valence electrons. The average molecular weight is 439 g/mol. The van der Waals surface area contributed by atoms with Gasteiger partial charge in [0.15, 0.2) is 5.60 Å². The van der Waals surface area contributed by atoms with Crippen molar-refractivity contribution in [1.29, 1.82) is 0 Å². The van der Waals surface area contributed by atoms with Gasteiger partial charge in [0.05, 0.1) is 0 Å². The standard InChI is InChI=1S/C24H30N4O4/c25-21(29)18-3-1-17(2-4-18)15-27-19-5-7-20(8-6-19)32-24(22(30)28-31)10-9-23(16-24)11-13-26-14-12-23/h1-8,26-27,31H,9-16H2,(H2,25,29)(H,28,30). The van der Waals surface area contributed by atoms with Crippen LogP contribution in [0.2, 0.25) is 0 Å². The van der Waals surface area contributed by atoms with E-state index in [2.05, 4.69) is 10.6 Å². The molecular weight excluding hydrogens is 408 g/mol. The molecule has 1 unspecified atom stereocenters. The lowest BCUT2D eigenvalue weighted by Crippen LogP contribution is -2.50. The van der Waals surface area contributed by atoms with Crippen molar-refractivity contribution in [3.63, 3.8) is 0 Å². The monoisotopic (exact) mass is 438 g/mol. The minimum absolute atomic E-state index is 0.0866. The zero-order valence-corrected chi connectivity index (χ0v) is 18.0. The van der Waals surface area contributed by atoms with E-state index >= 15 is 0 Å². The van der Waals surface area contributed by atoms with E-state index in [4.69, 9.17) is 10.5 Å². The Kier molecular flexibility index (Phi) is 6.34. The molecule has 32 heavy (non-hydrogen) atoms. The Bertz CT molecular complexity index is 955. The van der Waals surface area contributed by atoms with E-state index < -0.39 is 17.4 Å². The van der Waals surface area contributed by atoms with Gasteiger partial charge in [-0.3, -0.25) is 14.8 Å². The fraction of sp³-hybridized carbons (Fsp3) is 0.417. The highest BCUT2D eigenvalue weighted by Crippen LogP contribution is 2.51. The summed E-state index contributed by atoms with van der Waals surface area (Å²) in [6.07, 6.45) is 4.13. The Balaban J connectivity index is 1.40. The molecule has 1 saturated heterocycles. The number of primary amides is 1. The van der Waals surface area contributed by atoms with E-state index in [-0.39, 0.29) is 5.41 Å². The zero-order chi connectivity index (χ0) is 22.6. The second-order valence-electron chi connectivity index (χ2n) is 8.90. The van der Waals surface area contributed by atoms with E-state index in [1.54, 1.807) is 12.1 Å². The van der Waals surface area contributed by atoms with E-state index in [1.807, 2.05) is 41.9 Å². The Hall–Kier alpha value is -3.10. The molecule has 8 nitrogen and oxygen atoms in total. The third kappa shape index (κ3) is 4.71. The fourth-order valence-electron chi connectivity index (χ4n) is 4.92. The van der Waals surface area contributed by atoms with Gasteiger partial charge in [-0.15, -0.1) is 0 Å². The zero-order valence-electron chi connectivity index (χ0n) is 18.0. The molecule has 4 rings (SSSR count). The first kappa shape index (κ1) is 22.1. The van der Waals surface area contributed by atoms with Crippen LogP contribution in [0.4, 0.5) is 5.69 Å². The first-order chi connectivity index (χ1) is 15.4. The number of hydrogen-bond donors (Lipinski definition) is 5. The number of carbonyl (C=O) groups excluding carboxylic acids is 2. The summed E-state index contributed by atoms with van der Waals surface area (Å²) < 4.78 is 6.23. The van der Waals surface area contributed by atoms with Gasteiger partial charge in [0, 0.05) is 24.2 Å². The minimum Gasteiger partial charge on any atom is -0.477 e. The number of rotatable bonds is 7. The topological polar surface area (TPSA) is 126 Å². The summed E-state index contributed by atoms with van der Waals surface area (Å²) in [7, 11) is 0. The van der Waals surface area contributed by atoms with Gasteiger partial charge >= 0.3 is 0 Å². The van der Waals surface area contributed by atoms with Crippen molar-refractivity contribution in [3.05, 3.63) is 59.7 Å². The van der Waals surface area contributed by atoms with Gasteiger partial charge < -0.3 is 21.1 Å². The molecule has 2 aromatic carbocycles. The van der Waals surface area contributed by atoms with Crippen LogP contribution >= 0.6 is 0 Å². The smallest absolute Gasteiger partial charge is 0.287 e. The van der Waals surface area contributed by atoms with Crippen molar-refractivity contribution in [3.8, 4) is 5.75 Å². The van der Waals surface area contributed by atoms with Crippen molar-refractivity contribution >= 4 is 17.5 Å². The van der Waals surface area contributed by atoms with Gasteiger partial charge in [-0.2, -0.15) is 0 Å². The van der Waals surface area contributed by atoms with Crippen molar-refractivity contribution in [2.45, 2.75) is 44.2 Å². The molecule has 2 fully saturated rings. The van der Waals surface area contributed by atoms with E-state index in [0.29, 0.717) is 30.7 Å². The summed E-state index contributed by atoms with van der Waals surface area (Å²) in [5.74, 6) is -0.327. The molecular formula is C24H30N4O4. The summed E-state index contributed by atoms with van der Waals surface area (Å²) in [6.45, 7) is 2.48. The quantitative estimate of drug-likeness (QED) is 0.334. The number of ether oxygens (including phenoxy) is 1. The lowest BCUT2D eigenvalue weighted by atomic mass is 9.76. The normalized spacial score (nSPS) is 21.8. The molecule has 1 aliphatic carbocycles. The van der Waals surface area contributed by atoms with Gasteiger partial charge in [0.2, 0.25) is 5.91 Å². The second kappa shape index (κ2) is 9.18. The van der Waals surface area contributed by atoms with Crippen LogP contribution < -0.4 is 26.6 Å². The van der Waals surface area contributed by atoms with Crippen LogP contribution in [0, 0.1) is 5.41 Å². The molecule has 2 aromatic rings. The number of anilines is 1. The van der Waals surface area contributed by atoms with Crippen molar-refractivity contribution in [2.24, 2.45) is 11.1 Å². The van der Waals surface area contributed by atoms with Gasteiger partial charge in [0.1, 0.15) is 5.75 Å². The first-order valence-electron chi connectivity index (χ1n) is 11.0. The van der Waals surface area contributed by atoms with Crippen LogP contribution in [0.25, 0.3) is 0 Å². The maximum Gasteiger partial charge on any atom is 0.287 e. The predicted molar refractivity (Wildman–Crippen MR) is 120 cm³/mol. The number of hydrogen-bond acceptors (Lipinski definition) is 6. The van der Waals surface area contributed by atoms with Gasteiger partial charge in [-0.25, -0.2) is 5.48 Å². The molecule has 1 heterocycles. The number of benzene rings is 2. The van der Waals surface area contributed by atoms with Crippen molar-refractivity contribution < 1.29 is 19.5 Å². The third-order valence-corrected chi connectivity index (χ3v) is 6.80. The summed E-state index contributed by atoms with van der Waals surface area (Å²) in [5.41, 5.74) is 8.54. The number of hydroxylamine groups is 1. The number of carbonyl (C=O) groups is 2. The predicted octanol–water partition coefficient (Wildman–Crippen LogP) is 2.57. The largest absolute Gasteiger partial charge is 0.477 e. The third-order valence-electron chi connectivity index (χ3n) is 6.80. The molecule has 0 aromatic heterocycles. The maximum atomic E-state index is 12.6. The molecule has 2 amide bonds. The Morgan fingerprint density at radius 3 is 2.31 bits per heavy atom. The SMILES string of the molecule is NC(=O)c1ccc(CNc2ccc(OC3(C(=O)NO)CCC4(CCNCC4)C3)cc2)cc1. The molecule has 0 radical (unpaired) electrons. The van der Waals surface area contributed by atoms with Crippen LogP contribution in [0.5, 0.6) is 5.75 Å². The second-order valence-corrected chi connectivity index (χ2v) is 8.90. The lowest BCUT2D eigenvalue weighted by Gasteiger charge is -2.36. The molecule has 0 bridgehead atoms. The minimum atomic E-state index is -1.05. The van der Waals surface area contributed by atoms with Gasteiger partial charge in [-0.1, -0.05) is 12.1 Å². The highest BCUT2D eigenvalue weighted by atomic mass is 16.5. The van der Waals surface area contributed by atoms with Crippen LogP contribution in [0.15, 0.2) is 48.5 Å². The molecule has 1 aliphatic heterocycles. The Morgan fingerprint density at radius 2 is 1.69 bits per heavy atom. The summed E-state index contributed by atoms with van der Waals surface area (Å²) in [6, 6.07) is 14.6. The van der Waals surface area contributed by atoms with Crippen LogP contribution in [0.1, 0.15) is 48.0 Å². The number of amides is 2. The highest BCUT2D eigenvalue weighted by Gasteiger charge is 2.54. The summed E-state index contributed by atoms with van der Waals surface area (Å²) in [4.78, 5) is 23.8. The van der Waals surface area contributed by atoms with E-state index in [1.165, 1.54) is 0 Å². The van der Waals surface area contributed by atoms with Crippen LogP contribution in [-0.2, 0) is 11.3 Å². The van der Waals surface area contributed by atoms with Gasteiger partial charge in [0.25, 0.3) is 5.91 Å². The Labute approximate surface area is 187 Å². The van der Waals surface area contributed by atoms with E-state index in [0.717, 1.165) is 43.6 Å². The average Bonchev–Trinajstić information content (AvgIpc) is 3.17. The molecule has 2 aliphatic rings. The summed E-state index contributed by atoms with van der Waals surface area (Å²) >= 11 is 0. The van der Waals surface area contributed by atoms with Crippen molar-refractivity contribution in [2.75, 3.05) is 18.4 Å². The van der Waals surface area contributed by atoms with Gasteiger partial charge in [-0.05, 0) is 86.1 Å². The summed E-state index contributed by atoms with van der Waals surface area (Å²) in [5, 5.41) is 16.1. The molecule has 6 N–H and O–H groups in total. The van der Waals surface area contributed by atoms with Crippen LogP contribution in [0.3, 0.4) is 0 Å². The molecule has 1 saturated carbocycles. The molecule has 1 atom stereocenters. The number of nitrogens with two attached hydrogens (primary N) is 1. The molecule has 1 spiro atoms. The Morgan fingerprint density at radius 1 is 1.00 bits per heavy atom. The van der Waals surface area contributed by atoms with E-state index in [9.17, 15) is 14.8 Å². The molecule has 8 heteroatoms. The first-order valence-corrected chi connectivity index (χ1v) is 11.0. The lowest BCUT2D eigenvalue weighted by molar-refractivity contribution is -0.146. The number of nitrogens with one attached hydrogen (secondary N) is 3. The van der Waals surface area contributed by atoms with Crippen LogP contribution in [-0.4, -0.2) is 35.7 Å². The number of piperidine rings is 1. The van der Waals surface area contributed by atoms with Crippen molar-refractivity contribution in [1.82, 2.24) is 10.8 Å². The maximum absolute atomic E-state index is 12.6.